The second-order valence-electron chi connectivity index (χ2n) is 6.08. The normalized spacial score (nSPS) is 12.8. The Bertz CT molecular complexity index is 589. The predicted molar refractivity (Wildman–Crippen MR) is 117 cm³/mol. The van der Waals surface area contributed by atoms with Gasteiger partial charge in [-0.05, 0) is 39.8 Å². The molecule has 8 heteroatoms. The highest BCUT2D eigenvalue weighted by atomic mass is 127. The van der Waals surface area contributed by atoms with E-state index in [1.54, 1.807) is 14.2 Å². The highest BCUT2D eigenvalue weighted by molar-refractivity contribution is 14.0. The fraction of sp³-hybridized carbons (Fsp3) is 0.588. The number of hydrogen-bond donors (Lipinski definition) is 2. The fourth-order valence-electron chi connectivity index (χ4n) is 1.90. The molecule has 0 aliphatic heterocycles. The first kappa shape index (κ1) is 24.0. The maximum Gasteiger partial charge on any atom is 0.195 e. The number of benzene rings is 1. The number of aliphatic imine (C=N–C) groups is 1. The van der Waals surface area contributed by atoms with Crippen LogP contribution in [0.3, 0.4) is 0 Å². The van der Waals surface area contributed by atoms with Crippen LogP contribution >= 0.6 is 24.0 Å². The largest absolute Gasteiger partial charge is 0.493 e. The molecule has 1 aromatic rings. The van der Waals surface area contributed by atoms with Gasteiger partial charge < -0.3 is 20.1 Å². The Kier molecular flexibility index (Phi) is 11.1. The van der Waals surface area contributed by atoms with E-state index in [4.69, 9.17) is 9.47 Å². The van der Waals surface area contributed by atoms with Crippen LogP contribution in [0.25, 0.3) is 0 Å². The van der Waals surface area contributed by atoms with E-state index in [1.165, 1.54) is 0 Å². The average Bonchev–Trinajstić information content (AvgIpc) is 2.54. The molecule has 2 N–H and O–H groups in total. The lowest BCUT2D eigenvalue weighted by atomic mass is 10.2. The third-order valence-electron chi connectivity index (χ3n) is 3.21. The van der Waals surface area contributed by atoms with E-state index in [2.05, 4.69) is 15.6 Å². The van der Waals surface area contributed by atoms with Gasteiger partial charge in [0.25, 0.3) is 0 Å². The van der Waals surface area contributed by atoms with Gasteiger partial charge in [-0.25, -0.2) is 0 Å². The van der Waals surface area contributed by atoms with Crippen molar-refractivity contribution in [2.45, 2.75) is 32.4 Å². The molecule has 1 atom stereocenters. The first-order chi connectivity index (χ1) is 11.3. The Hall–Kier alpha value is -1.03. The molecule has 0 fully saturated rings. The number of nitrogens with zero attached hydrogens (tertiary/aromatic N) is 1. The number of nitrogens with one attached hydrogen (secondary N) is 2. The number of ether oxygens (including phenoxy) is 2. The molecule has 0 amide bonds. The molecule has 0 spiro atoms. The van der Waals surface area contributed by atoms with Crippen molar-refractivity contribution < 1.29 is 13.7 Å². The van der Waals surface area contributed by atoms with Gasteiger partial charge in [0, 0.05) is 46.6 Å². The Labute approximate surface area is 170 Å². The molecule has 0 aliphatic rings. The van der Waals surface area contributed by atoms with Gasteiger partial charge in [-0.3, -0.25) is 9.20 Å². The molecule has 0 bridgehead atoms. The average molecular weight is 483 g/mol. The smallest absolute Gasteiger partial charge is 0.195 e. The van der Waals surface area contributed by atoms with Crippen LogP contribution in [0.4, 0.5) is 5.69 Å². The highest BCUT2D eigenvalue weighted by Crippen LogP contribution is 2.30. The Morgan fingerprint density at radius 2 is 1.96 bits per heavy atom. The van der Waals surface area contributed by atoms with Gasteiger partial charge in [0.2, 0.25) is 0 Å². The summed E-state index contributed by atoms with van der Waals surface area (Å²) in [6.45, 7) is 9.01. The van der Waals surface area contributed by atoms with Gasteiger partial charge in [-0.15, -0.1) is 24.0 Å². The Morgan fingerprint density at radius 3 is 2.48 bits per heavy atom. The number of guanidine groups is 1. The van der Waals surface area contributed by atoms with Crippen LogP contribution < -0.4 is 20.1 Å². The second-order valence-corrected chi connectivity index (χ2v) is 8.41. The standard InChI is InChI=1S/C17H29N3O3S.HI/c1-7-23-14-9-8-13(12-15(14)22-6)20-16(18-5)19-10-11-24(21)17(2,3)4;/h8-9,12H,7,10-11H2,1-6H3,(H2,18,19,20);1H. The van der Waals surface area contributed by atoms with Gasteiger partial charge in [0.05, 0.1) is 13.7 Å². The van der Waals surface area contributed by atoms with E-state index in [0.717, 1.165) is 5.69 Å². The molecule has 25 heavy (non-hydrogen) atoms. The number of anilines is 1. The lowest BCUT2D eigenvalue weighted by molar-refractivity contribution is 0.311. The summed E-state index contributed by atoms with van der Waals surface area (Å²) in [6.07, 6.45) is 0. The van der Waals surface area contributed by atoms with Crippen LogP contribution in [0.1, 0.15) is 27.7 Å². The quantitative estimate of drug-likeness (QED) is 0.354. The second kappa shape index (κ2) is 11.6. The van der Waals surface area contributed by atoms with Crippen molar-refractivity contribution in [3.05, 3.63) is 18.2 Å². The summed E-state index contributed by atoms with van der Waals surface area (Å²) in [4.78, 5) is 4.18. The summed E-state index contributed by atoms with van der Waals surface area (Å²) < 4.78 is 22.7. The van der Waals surface area contributed by atoms with Crippen LogP contribution in [0.15, 0.2) is 23.2 Å². The van der Waals surface area contributed by atoms with Crippen LogP contribution in [0.2, 0.25) is 0 Å². The third-order valence-corrected chi connectivity index (χ3v) is 5.15. The summed E-state index contributed by atoms with van der Waals surface area (Å²) in [7, 11) is 2.41. The monoisotopic (exact) mass is 483 g/mol. The maximum absolute atomic E-state index is 12.1. The van der Waals surface area contributed by atoms with Crippen LogP contribution in [-0.2, 0) is 10.8 Å². The van der Waals surface area contributed by atoms with Crippen LogP contribution in [0.5, 0.6) is 11.5 Å². The van der Waals surface area contributed by atoms with Gasteiger partial charge in [-0.2, -0.15) is 0 Å². The molecule has 0 aliphatic carbocycles. The van der Waals surface area contributed by atoms with Gasteiger partial charge in [0.15, 0.2) is 17.5 Å². The summed E-state index contributed by atoms with van der Waals surface area (Å²) in [6, 6.07) is 5.60. The van der Waals surface area contributed by atoms with E-state index < -0.39 is 10.8 Å². The van der Waals surface area contributed by atoms with Crippen molar-refractivity contribution in [1.82, 2.24) is 5.32 Å². The van der Waals surface area contributed by atoms with Crippen LogP contribution in [-0.4, -0.2) is 48.0 Å². The van der Waals surface area contributed by atoms with Crippen molar-refractivity contribution in [3.63, 3.8) is 0 Å². The molecule has 144 valence electrons. The topological polar surface area (TPSA) is 72.0 Å². The zero-order chi connectivity index (χ0) is 18.2. The molecular weight excluding hydrogens is 453 g/mol. The number of methoxy groups -OCH3 is 1. The summed E-state index contributed by atoms with van der Waals surface area (Å²) in [5.41, 5.74) is 0.834. The highest BCUT2D eigenvalue weighted by Gasteiger charge is 2.18. The molecule has 0 saturated carbocycles. The van der Waals surface area contributed by atoms with E-state index in [-0.39, 0.29) is 28.7 Å². The molecule has 1 aromatic carbocycles. The molecule has 0 aromatic heterocycles. The molecule has 1 unspecified atom stereocenters. The Balaban J connectivity index is 0.00000576. The summed E-state index contributed by atoms with van der Waals surface area (Å²) in [5.74, 6) is 2.55. The van der Waals surface area contributed by atoms with Crippen molar-refractivity contribution in [3.8, 4) is 11.5 Å². The summed E-state index contributed by atoms with van der Waals surface area (Å²) >= 11 is 0. The number of hydrogen-bond acceptors (Lipinski definition) is 4. The number of rotatable bonds is 7. The SMILES string of the molecule is CCOc1ccc(NC(=NC)NCCS(=O)C(C)(C)C)cc1OC.I. The molecule has 0 radical (unpaired) electrons. The zero-order valence-electron chi connectivity index (χ0n) is 15.8. The van der Waals surface area contributed by atoms with Crippen molar-refractivity contribution >= 4 is 46.4 Å². The minimum atomic E-state index is -0.895. The van der Waals surface area contributed by atoms with Crippen molar-refractivity contribution in [2.24, 2.45) is 4.99 Å². The molecule has 0 heterocycles. The van der Waals surface area contributed by atoms with Crippen molar-refractivity contribution in [2.75, 3.05) is 38.4 Å². The van der Waals surface area contributed by atoms with Gasteiger partial charge in [0.1, 0.15) is 0 Å². The zero-order valence-corrected chi connectivity index (χ0v) is 19.0. The first-order valence-corrected chi connectivity index (χ1v) is 9.30. The van der Waals surface area contributed by atoms with E-state index >= 15 is 0 Å². The summed E-state index contributed by atoms with van der Waals surface area (Å²) in [5, 5.41) is 6.36. The van der Waals surface area contributed by atoms with Gasteiger partial charge >= 0.3 is 0 Å². The maximum atomic E-state index is 12.1. The first-order valence-electron chi connectivity index (χ1n) is 7.98. The molecular formula is C17H30IN3O3S. The minimum absolute atomic E-state index is 0. The fourth-order valence-corrected chi connectivity index (χ4v) is 2.80. The van der Waals surface area contributed by atoms with E-state index in [0.29, 0.717) is 36.4 Å². The molecule has 0 saturated heterocycles. The van der Waals surface area contributed by atoms with Gasteiger partial charge in [-0.1, -0.05) is 0 Å². The lowest BCUT2D eigenvalue weighted by Crippen LogP contribution is -2.36. The minimum Gasteiger partial charge on any atom is -0.493 e. The molecule has 6 nitrogen and oxygen atoms in total. The Morgan fingerprint density at radius 1 is 1.28 bits per heavy atom. The predicted octanol–water partition coefficient (Wildman–Crippen LogP) is 3.25. The number of halogens is 1. The van der Waals surface area contributed by atoms with Crippen LogP contribution in [0, 0.1) is 0 Å². The van der Waals surface area contributed by atoms with E-state index in [9.17, 15) is 4.21 Å². The van der Waals surface area contributed by atoms with Crippen molar-refractivity contribution in [1.29, 1.82) is 0 Å². The van der Waals surface area contributed by atoms with E-state index in [1.807, 2.05) is 45.9 Å². The molecule has 1 rings (SSSR count). The lowest BCUT2D eigenvalue weighted by Gasteiger charge is -2.18. The third kappa shape index (κ3) is 8.26.